The van der Waals surface area contributed by atoms with Gasteiger partial charge in [0.05, 0.1) is 43.7 Å². The topological polar surface area (TPSA) is 190 Å². The maximum atomic E-state index is 12.7. The van der Waals surface area contributed by atoms with E-state index in [0.717, 1.165) is 30.6 Å². The highest BCUT2D eigenvalue weighted by atomic mass is 32.1. The van der Waals surface area contributed by atoms with Crippen LogP contribution in [0.15, 0.2) is 41.4 Å². The molecule has 1 aromatic heterocycles. The van der Waals surface area contributed by atoms with E-state index in [1.165, 1.54) is 22.8 Å². The Balaban J connectivity index is 2.20. The summed E-state index contributed by atoms with van der Waals surface area (Å²) in [5.74, 6) is -1.74. The number of nitro groups is 3. The van der Waals surface area contributed by atoms with Gasteiger partial charge in [0.1, 0.15) is 6.54 Å². The number of thiazole rings is 1. The van der Waals surface area contributed by atoms with Crippen molar-refractivity contribution in [2.75, 3.05) is 7.11 Å². The molecule has 0 aliphatic rings. The van der Waals surface area contributed by atoms with E-state index < -0.39 is 43.6 Å². The van der Waals surface area contributed by atoms with Crippen LogP contribution in [0.3, 0.4) is 0 Å². The first-order chi connectivity index (χ1) is 15.1. The Kier molecular flexibility index (Phi) is 6.01. The molecule has 1 amide bonds. The summed E-state index contributed by atoms with van der Waals surface area (Å²) in [4.78, 5) is 59.0. The highest BCUT2D eigenvalue weighted by Gasteiger charge is 2.21. The fraction of sp³-hybridized carbons (Fsp3) is 0.118. The Hall–Kier alpha value is -4.53. The SMILES string of the molecule is COC(=O)Cn1c(=NC(=O)c2cc([N+](=O)[O-])cc([N+](=O)[O-])c2)sc2cc([N+](=O)[O-])ccc21. The van der Waals surface area contributed by atoms with Gasteiger partial charge in [0, 0.05) is 24.3 Å². The van der Waals surface area contributed by atoms with Crippen molar-refractivity contribution >= 4 is 50.5 Å². The number of benzene rings is 2. The molecular weight excluding hydrogens is 450 g/mol. The maximum Gasteiger partial charge on any atom is 0.325 e. The Morgan fingerprint density at radius 1 is 0.969 bits per heavy atom. The monoisotopic (exact) mass is 461 g/mol. The molecule has 3 aromatic rings. The van der Waals surface area contributed by atoms with Crippen LogP contribution in [0.1, 0.15) is 10.4 Å². The summed E-state index contributed by atoms with van der Waals surface area (Å²) in [5, 5.41) is 33.1. The van der Waals surface area contributed by atoms with E-state index in [1.807, 2.05) is 0 Å². The molecule has 0 fully saturated rings. The first-order valence-electron chi connectivity index (χ1n) is 8.48. The zero-order valence-corrected chi connectivity index (χ0v) is 16.8. The predicted molar refractivity (Wildman–Crippen MR) is 108 cm³/mol. The van der Waals surface area contributed by atoms with Gasteiger partial charge in [0.2, 0.25) is 0 Å². The number of nitrogens with zero attached hydrogens (tertiary/aromatic N) is 5. The molecular formula is C17H11N5O9S. The molecule has 0 unspecified atom stereocenters. The minimum atomic E-state index is -1.04. The number of hydrogen-bond acceptors (Lipinski definition) is 10. The number of rotatable bonds is 6. The smallest absolute Gasteiger partial charge is 0.325 e. The van der Waals surface area contributed by atoms with E-state index >= 15 is 0 Å². The fourth-order valence-corrected chi connectivity index (χ4v) is 3.75. The van der Waals surface area contributed by atoms with Crippen LogP contribution in [0.2, 0.25) is 0 Å². The number of hydrogen-bond donors (Lipinski definition) is 0. The van der Waals surface area contributed by atoms with E-state index in [4.69, 9.17) is 0 Å². The van der Waals surface area contributed by atoms with Crippen molar-refractivity contribution < 1.29 is 29.1 Å². The molecule has 164 valence electrons. The number of non-ortho nitro benzene ring substituents is 3. The van der Waals surface area contributed by atoms with Crippen LogP contribution in [0.5, 0.6) is 0 Å². The van der Waals surface area contributed by atoms with Crippen LogP contribution < -0.4 is 4.80 Å². The number of aromatic nitrogens is 1. The van der Waals surface area contributed by atoms with Crippen molar-refractivity contribution in [1.29, 1.82) is 0 Å². The van der Waals surface area contributed by atoms with Gasteiger partial charge in [-0.1, -0.05) is 11.3 Å². The highest BCUT2D eigenvalue weighted by Crippen LogP contribution is 2.25. The number of methoxy groups -OCH3 is 1. The zero-order valence-electron chi connectivity index (χ0n) is 16.0. The third-order valence-corrected chi connectivity index (χ3v) is 5.20. The summed E-state index contributed by atoms with van der Waals surface area (Å²) in [6.07, 6.45) is 0. The zero-order chi connectivity index (χ0) is 23.6. The fourth-order valence-electron chi connectivity index (χ4n) is 2.69. The molecule has 14 nitrogen and oxygen atoms in total. The van der Waals surface area contributed by atoms with Gasteiger partial charge in [-0.15, -0.1) is 0 Å². The third-order valence-electron chi connectivity index (χ3n) is 4.16. The first kappa shape index (κ1) is 22.2. The van der Waals surface area contributed by atoms with Gasteiger partial charge < -0.3 is 9.30 Å². The van der Waals surface area contributed by atoms with Crippen LogP contribution in [-0.2, 0) is 16.1 Å². The summed E-state index contributed by atoms with van der Waals surface area (Å²) < 4.78 is 6.23. The molecule has 0 N–H and O–H groups in total. The third kappa shape index (κ3) is 4.46. The van der Waals surface area contributed by atoms with E-state index in [9.17, 15) is 39.9 Å². The molecule has 0 spiro atoms. The van der Waals surface area contributed by atoms with Crippen molar-refractivity contribution in [2.45, 2.75) is 6.54 Å². The van der Waals surface area contributed by atoms with Crippen molar-refractivity contribution in [3.05, 3.63) is 77.1 Å². The van der Waals surface area contributed by atoms with Gasteiger partial charge in [0.15, 0.2) is 4.80 Å². The molecule has 0 saturated heterocycles. The van der Waals surface area contributed by atoms with E-state index in [1.54, 1.807) is 0 Å². The minimum Gasteiger partial charge on any atom is -0.468 e. The van der Waals surface area contributed by atoms with E-state index in [0.29, 0.717) is 16.3 Å². The standard InChI is InChI=1S/C17H11N5O9S/c1-31-15(23)8-19-13-3-2-10(20(25)26)7-14(13)32-17(19)18-16(24)9-4-11(21(27)28)6-12(5-9)22(29)30/h2-7H,8H2,1H3. The van der Waals surface area contributed by atoms with Gasteiger partial charge in [-0.25, -0.2) is 0 Å². The van der Waals surface area contributed by atoms with Crippen molar-refractivity contribution in [3.63, 3.8) is 0 Å². The molecule has 1 heterocycles. The molecule has 0 aliphatic heterocycles. The van der Waals surface area contributed by atoms with Crippen molar-refractivity contribution in [1.82, 2.24) is 4.57 Å². The number of ether oxygens (including phenoxy) is 1. The quantitative estimate of drug-likeness (QED) is 0.301. The lowest BCUT2D eigenvalue weighted by Crippen LogP contribution is -2.22. The second-order valence-corrected chi connectivity index (χ2v) is 7.13. The number of fused-ring (bicyclic) bond motifs is 1. The van der Waals surface area contributed by atoms with Crippen LogP contribution >= 0.6 is 11.3 Å². The molecule has 0 radical (unpaired) electrons. The molecule has 32 heavy (non-hydrogen) atoms. The second-order valence-electron chi connectivity index (χ2n) is 6.13. The molecule has 0 atom stereocenters. The van der Waals surface area contributed by atoms with Gasteiger partial charge in [-0.3, -0.25) is 39.9 Å². The average Bonchev–Trinajstić information content (AvgIpc) is 3.08. The summed E-state index contributed by atoms with van der Waals surface area (Å²) in [5.41, 5.74) is -1.64. The van der Waals surface area contributed by atoms with E-state index in [2.05, 4.69) is 9.73 Å². The van der Waals surface area contributed by atoms with Gasteiger partial charge in [-0.2, -0.15) is 4.99 Å². The summed E-state index contributed by atoms with van der Waals surface area (Å²) in [7, 11) is 1.15. The molecule has 3 rings (SSSR count). The predicted octanol–water partition coefficient (Wildman–Crippen LogP) is 2.34. The number of amides is 1. The number of nitro benzene ring substituents is 3. The largest absolute Gasteiger partial charge is 0.468 e. The lowest BCUT2D eigenvalue weighted by atomic mass is 10.1. The number of carbonyl (C=O) groups excluding carboxylic acids is 2. The van der Waals surface area contributed by atoms with E-state index in [-0.39, 0.29) is 17.0 Å². The molecule has 2 aromatic carbocycles. The maximum absolute atomic E-state index is 12.7. The van der Waals surface area contributed by atoms with Crippen molar-refractivity contribution in [3.8, 4) is 0 Å². The lowest BCUT2D eigenvalue weighted by Gasteiger charge is -2.03. The Morgan fingerprint density at radius 3 is 2.09 bits per heavy atom. The Morgan fingerprint density at radius 2 is 1.56 bits per heavy atom. The Labute approximate surface area is 180 Å². The molecule has 0 saturated carbocycles. The van der Waals surface area contributed by atoms with Gasteiger partial charge >= 0.3 is 5.97 Å². The van der Waals surface area contributed by atoms with Gasteiger partial charge in [0.25, 0.3) is 23.0 Å². The van der Waals surface area contributed by atoms with Crippen LogP contribution in [0.25, 0.3) is 10.2 Å². The van der Waals surface area contributed by atoms with Crippen molar-refractivity contribution in [2.24, 2.45) is 4.99 Å². The first-order valence-corrected chi connectivity index (χ1v) is 9.30. The summed E-state index contributed by atoms with van der Waals surface area (Å²) in [6, 6.07) is 6.18. The van der Waals surface area contributed by atoms with Crippen LogP contribution in [-0.4, -0.2) is 38.3 Å². The van der Waals surface area contributed by atoms with Gasteiger partial charge in [-0.05, 0) is 6.07 Å². The van der Waals surface area contributed by atoms with Crippen LogP contribution in [0.4, 0.5) is 17.1 Å². The number of esters is 1. The normalized spacial score (nSPS) is 11.3. The average molecular weight is 461 g/mol. The Bertz CT molecular complexity index is 1340. The second kappa shape index (κ2) is 8.68. The molecule has 0 bridgehead atoms. The molecule has 0 aliphatic carbocycles. The minimum absolute atomic E-state index is 0.0648. The highest BCUT2D eigenvalue weighted by molar-refractivity contribution is 7.16. The van der Waals surface area contributed by atoms with Crippen LogP contribution in [0, 0.1) is 30.3 Å². The number of carbonyl (C=O) groups is 2. The molecule has 15 heteroatoms. The summed E-state index contributed by atoms with van der Waals surface area (Å²) in [6.45, 7) is -0.379. The lowest BCUT2D eigenvalue weighted by molar-refractivity contribution is -0.394. The summed E-state index contributed by atoms with van der Waals surface area (Å²) >= 11 is 0.847.